The van der Waals surface area contributed by atoms with Crippen LogP contribution in [-0.2, 0) is 11.5 Å². The van der Waals surface area contributed by atoms with Gasteiger partial charge in [-0.05, 0) is 5.56 Å². The van der Waals surface area contributed by atoms with E-state index in [2.05, 4.69) is 15.9 Å². The molecule has 17 heavy (non-hydrogen) atoms. The maximum atomic E-state index is 12.6. The first-order chi connectivity index (χ1) is 7.81. The Kier molecular flexibility index (Phi) is 3.72. The maximum absolute atomic E-state index is 12.6. The molecular weight excluding hydrogens is 305 g/mol. The van der Waals surface area contributed by atoms with E-state index in [4.69, 9.17) is 5.26 Å². The number of hydrogen-bond donors (Lipinski definition) is 0. The van der Waals surface area contributed by atoms with E-state index in [1.165, 1.54) is 6.07 Å². The third-order valence-corrected chi connectivity index (χ3v) is 2.57. The number of nitrogens with zero attached hydrogens (tertiary/aromatic N) is 2. The predicted octanol–water partition coefficient (Wildman–Crippen LogP) is 3.38. The van der Waals surface area contributed by atoms with Gasteiger partial charge in [-0.15, -0.1) is 0 Å². The highest BCUT2D eigenvalue weighted by Crippen LogP contribution is 2.36. The van der Waals surface area contributed by atoms with Crippen LogP contribution in [0, 0.1) is 21.4 Å². The molecule has 0 spiro atoms. The Morgan fingerprint density at radius 1 is 1.47 bits per heavy atom. The molecule has 0 aromatic heterocycles. The molecule has 0 aliphatic rings. The number of nitro groups is 1. The van der Waals surface area contributed by atoms with Crippen LogP contribution in [0.25, 0.3) is 0 Å². The van der Waals surface area contributed by atoms with E-state index in [-0.39, 0.29) is 16.5 Å². The topological polar surface area (TPSA) is 66.9 Å². The van der Waals surface area contributed by atoms with Crippen molar-refractivity contribution in [2.45, 2.75) is 11.5 Å². The minimum absolute atomic E-state index is 0.206. The van der Waals surface area contributed by atoms with Crippen molar-refractivity contribution in [2.75, 3.05) is 0 Å². The van der Waals surface area contributed by atoms with Crippen LogP contribution >= 0.6 is 15.9 Å². The summed E-state index contributed by atoms with van der Waals surface area (Å²) in [6, 6.07) is 2.77. The summed E-state index contributed by atoms with van der Waals surface area (Å²) in [7, 11) is 0. The van der Waals surface area contributed by atoms with Gasteiger partial charge in [0.1, 0.15) is 0 Å². The Labute approximate surface area is 102 Å². The second-order valence-electron chi connectivity index (χ2n) is 3.02. The van der Waals surface area contributed by atoms with E-state index >= 15 is 0 Å². The van der Waals surface area contributed by atoms with Gasteiger partial charge in [0.15, 0.2) is 0 Å². The molecule has 90 valence electrons. The number of alkyl halides is 4. The Balaban J connectivity index is 3.61. The zero-order chi connectivity index (χ0) is 13.2. The van der Waals surface area contributed by atoms with Crippen molar-refractivity contribution in [2.24, 2.45) is 0 Å². The highest BCUT2D eigenvalue weighted by Gasteiger charge is 2.36. The monoisotopic (exact) mass is 308 g/mol. The van der Waals surface area contributed by atoms with E-state index in [0.29, 0.717) is 6.07 Å². The van der Waals surface area contributed by atoms with Crippen molar-refractivity contribution in [3.63, 3.8) is 0 Å². The minimum Gasteiger partial charge on any atom is -0.258 e. The van der Waals surface area contributed by atoms with Crippen LogP contribution in [0.3, 0.4) is 0 Å². The summed E-state index contributed by atoms with van der Waals surface area (Å²) in [6.07, 6.45) is -4.74. The molecule has 0 saturated carbocycles. The van der Waals surface area contributed by atoms with E-state index in [1.54, 1.807) is 0 Å². The summed E-state index contributed by atoms with van der Waals surface area (Å²) in [5.74, 6) is 0. The van der Waals surface area contributed by atoms with Crippen LogP contribution in [0.2, 0.25) is 0 Å². The van der Waals surface area contributed by atoms with Gasteiger partial charge in [-0.25, -0.2) is 0 Å². The van der Waals surface area contributed by atoms with Crippen molar-refractivity contribution >= 4 is 21.6 Å². The fourth-order valence-corrected chi connectivity index (χ4v) is 1.86. The molecule has 1 aromatic carbocycles. The molecule has 0 amide bonds. The van der Waals surface area contributed by atoms with Gasteiger partial charge in [-0.3, -0.25) is 10.1 Å². The van der Waals surface area contributed by atoms with Crippen molar-refractivity contribution in [3.8, 4) is 6.07 Å². The summed E-state index contributed by atoms with van der Waals surface area (Å²) in [5, 5.41) is 18.9. The largest absolute Gasteiger partial charge is 0.417 e. The first-order valence-corrected chi connectivity index (χ1v) is 5.28. The van der Waals surface area contributed by atoms with Gasteiger partial charge in [0.05, 0.1) is 22.1 Å². The van der Waals surface area contributed by atoms with Crippen LogP contribution in [0.15, 0.2) is 12.1 Å². The molecule has 0 N–H and O–H groups in total. The quantitative estimate of drug-likeness (QED) is 0.478. The highest BCUT2D eigenvalue weighted by molar-refractivity contribution is 9.08. The molecule has 0 radical (unpaired) electrons. The molecular formula is C9H4BrF3N2O2. The molecule has 1 rings (SSSR count). The standard InChI is InChI=1S/C9H4BrF3N2O2/c10-3-7-5(4-14)1-6(15(16)17)2-8(7)9(11,12)13/h1-2H,3H2. The lowest BCUT2D eigenvalue weighted by Gasteiger charge is -2.12. The third kappa shape index (κ3) is 2.74. The lowest BCUT2D eigenvalue weighted by molar-refractivity contribution is -0.385. The summed E-state index contributed by atoms with van der Waals surface area (Å²) in [4.78, 5) is 9.50. The molecule has 0 fully saturated rings. The van der Waals surface area contributed by atoms with Crippen LogP contribution in [0.4, 0.5) is 18.9 Å². The molecule has 0 bridgehead atoms. The fourth-order valence-electron chi connectivity index (χ4n) is 1.26. The van der Waals surface area contributed by atoms with Gasteiger partial charge in [-0.1, -0.05) is 15.9 Å². The Morgan fingerprint density at radius 3 is 2.41 bits per heavy atom. The zero-order valence-electron chi connectivity index (χ0n) is 8.08. The summed E-state index contributed by atoms with van der Waals surface area (Å²) in [6.45, 7) is 0. The molecule has 0 aliphatic carbocycles. The Hall–Kier alpha value is -1.62. The van der Waals surface area contributed by atoms with Gasteiger partial charge in [0.2, 0.25) is 0 Å². The molecule has 0 aliphatic heterocycles. The fraction of sp³-hybridized carbons (Fsp3) is 0.222. The van der Waals surface area contributed by atoms with Crippen LogP contribution in [-0.4, -0.2) is 4.92 Å². The Bertz CT molecular complexity index is 508. The first kappa shape index (κ1) is 13.4. The van der Waals surface area contributed by atoms with Gasteiger partial charge in [0, 0.05) is 17.5 Å². The van der Waals surface area contributed by atoms with Crippen LogP contribution in [0.5, 0.6) is 0 Å². The zero-order valence-corrected chi connectivity index (χ0v) is 9.67. The SMILES string of the molecule is N#Cc1cc([N+](=O)[O-])cc(C(F)(F)F)c1CBr. The predicted molar refractivity (Wildman–Crippen MR) is 55.4 cm³/mol. The van der Waals surface area contributed by atoms with Gasteiger partial charge >= 0.3 is 6.18 Å². The molecule has 0 atom stereocenters. The first-order valence-electron chi connectivity index (χ1n) is 4.15. The molecule has 0 heterocycles. The summed E-state index contributed by atoms with van der Waals surface area (Å²) in [5.41, 5.74) is -2.58. The van der Waals surface area contributed by atoms with Crippen molar-refractivity contribution in [1.29, 1.82) is 5.26 Å². The summed E-state index contributed by atoms with van der Waals surface area (Å²) < 4.78 is 37.9. The number of non-ortho nitro benzene ring substituents is 1. The number of halogens is 4. The average molecular weight is 309 g/mol. The average Bonchev–Trinajstić information content (AvgIpc) is 2.25. The van der Waals surface area contributed by atoms with Crippen LogP contribution < -0.4 is 0 Å². The van der Waals surface area contributed by atoms with Crippen LogP contribution in [0.1, 0.15) is 16.7 Å². The maximum Gasteiger partial charge on any atom is 0.417 e. The number of hydrogen-bond acceptors (Lipinski definition) is 3. The number of nitro benzene ring substituents is 1. The lowest BCUT2D eigenvalue weighted by Crippen LogP contribution is -2.11. The number of nitriles is 1. The molecule has 0 unspecified atom stereocenters. The van der Waals surface area contributed by atoms with Crippen molar-refractivity contribution in [3.05, 3.63) is 38.9 Å². The van der Waals surface area contributed by atoms with E-state index in [9.17, 15) is 23.3 Å². The molecule has 4 nitrogen and oxygen atoms in total. The smallest absolute Gasteiger partial charge is 0.258 e. The van der Waals surface area contributed by atoms with Crippen molar-refractivity contribution < 1.29 is 18.1 Å². The second kappa shape index (κ2) is 4.71. The van der Waals surface area contributed by atoms with Gasteiger partial charge in [-0.2, -0.15) is 18.4 Å². The summed E-state index contributed by atoms with van der Waals surface area (Å²) >= 11 is 2.83. The van der Waals surface area contributed by atoms with Gasteiger partial charge < -0.3 is 0 Å². The molecule has 8 heteroatoms. The number of rotatable bonds is 2. The molecule has 0 saturated heterocycles. The van der Waals surface area contributed by atoms with E-state index in [0.717, 1.165) is 6.07 Å². The highest BCUT2D eigenvalue weighted by atomic mass is 79.9. The van der Waals surface area contributed by atoms with E-state index in [1.807, 2.05) is 0 Å². The second-order valence-corrected chi connectivity index (χ2v) is 3.58. The lowest BCUT2D eigenvalue weighted by atomic mass is 10.0. The normalized spacial score (nSPS) is 11.0. The van der Waals surface area contributed by atoms with Crippen molar-refractivity contribution in [1.82, 2.24) is 0 Å². The third-order valence-electron chi connectivity index (χ3n) is 2.00. The molecule has 1 aromatic rings. The number of benzene rings is 1. The minimum atomic E-state index is -4.74. The van der Waals surface area contributed by atoms with Gasteiger partial charge in [0.25, 0.3) is 5.69 Å². The Morgan fingerprint density at radius 2 is 2.06 bits per heavy atom. The van der Waals surface area contributed by atoms with E-state index < -0.39 is 22.4 Å².